The van der Waals surface area contributed by atoms with Crippen molar-refractivity contribution >= 4 is 11.8 Å². The van der Waals surface area contributed by atoms with Gasteiger partial charge in [-0.15, -0.1) is 0 Å². The molecule has 5 rings (SSSR count). The summed E-state index contributed by atoms with van der Waals surface area (Å²) in [5, 5.41) is 2.75. The summed E-state index contributed by atoms with van der Waals surface area (Å²) < 4.78 is 21.0. The van der Waals surface area contributed by atoms with Crippen molar-refractivity contribution in [1.82, 2.24) is 19.7 Å². The van der Waals surface area contributed by atoms with Gasteiger partial charge in [0.25, 0.3) is 11.8 Å². The molecule has 2 aliphatic rings. The molecule has 0 bridgehead atoms. The number of hydrogen-bond donors (Lipinski definition) is 1. The smallest absolute Gasteiger partial charge is 0.276 e. The maximum Gasteiger partial charge on any atom is 0.276 e. The molecule has 0 aliphatic carbocycles. The second-order valence-electron chi connectivity index (χ2n) is 10.4. The molecular formula is C30H33FN4O4. The van der Waals surface area contributed by atoms with Gasteiger partial charge in [0.1, 0.15) is 24.2 Å². The van der Waals surface area contributed by atoms with Crippen LogP contribution in [0.1, 0.15) is 59.2 Å². The number of amides is 2. The summed E-state index contributed by atoms with van der Waals surface area (Å²) in [5.74, 6) is -1.35. The summed E-state index contributed by atoms with van der Waals surface area (Å²) >= 11 is 0. The molecule has 2 atom stereocenters. The maximum absolute atomic E-state index is 14.0. The van der Waals surface area contributed by atoms with Gasteiger partial charge in [0.15, 0.2) is 11.4 Å². The van der Waals surface area contributed by atoms with Crippen LogP contribution in [-0.2, 0) is 19.7 Å². The molecule has 3 aromatic rings. The Kier molecular flexibility index (Phi) is 7.52. The Morgan fingerprint density at radius 2 is 1.79 bits per heavy atom. The first-order chi connectivity index (χ1) is 18.7. The van der Waals surface area contributed by atoms with Crippen molar-refractivity contribution in [3.63, 3.8) is 0 Å². The van der Waals surface area contributed by atoms with Gasteiger partial charge in [-0.1, -0.05) is 42.5 Å². The third kappa shape index (κ3) is 5.31. The van der Waals surface area contributed by atoms with Gasteiger partial charge in [0.2, 0.25) is 5.43 Å². The minimum absolute atomic E-state index is 0.00186. The highest BCUT2D eigenvalue weighted by atomic mass is 19.1. The summed E-state index contributed by atoms with van der Waals surface area (Å²) in [4.78, 5) is 45.0. The molecule has 204 valence electrons. The number of benzene rings is 2. The van der Waals surface area contributed by atoms with Gasteiger partial charge in [-0.05, 0) is 50.5 Å². The van der Waals surface area contributed by atoms with Crippen LogP contribution < -0.4 is 15.5 Å². The lowest BCUT2D eigenvalue weighted by Crippen LogP contribution is -2.65. The largest absolute Gasteiger partial charge is 0.483 e. The van der Waals surface area contributed by atoms with Crippen LogP contribution in [-0.4, -0.2) is 51.0 Å². The maximum atomic E-state index is 14.0. The van der Waals surface area contributed by atoms with Crippen molar-refractivity contribution < 1.29 is 18.7 Å². The van der Waals surface area contributed by atoms with Gasteiger partial charge >= 0.3 is 0 Å². The van der Waals surface area contributed by atoms with E-state index in [1.807, 2.05) is 42.2 Å². The third-order valence-corrected chi connectivity index (χ3v) is 7.52. The fraction of sp³-hybridized carbons (Fsp3) is 0.367. The van der Waals surface area contributed by atoms with Gasteiger partial charge < -0.3 is 19.5 Å². The molecule has 39 heavy (non-hydrogen) atoms. The zero-order valence-corrected chi connectivity index (χ0v) is 22.4. The first-order valence-corrected chi connectivity index (χ1v) is 13.3. The highest BCUT2D eigenvalue weighted by Crippen LogP contribution is 2.32. The van der Waals surface area contributed by atoms with Gasteiger partial charge in [-0.25, -0.2) is 4.39 Å². The van der Waals surface area contributed by atoms with E-state index in [9.17, 15) is 18.8 Å². The van der Waals surface area contributed by atoms with Crippen molar-refractivity contribution in [1.29, 1.82) is 0 Å². The Morgan fingerprint density at radius 1 is 1.08 bits per heavy atom. The third-order valence-electron chi connectivity index (χ3n) is 7.52. The van der Waals surface area contributed by atoms with E-state index < -0.39 is 11.3 Å². The average molecular weight is 533 g/mol. The number of hydrogen-bond acceptors (Lipinski definition) is 5. The fourth-order valence-corrected chi connectivity index (χ4v) is 5.41. The number of rotatable bonds is 7. The average Bonchev–Trinajstić information content (AvgIpc) is 2.92. The standard InChI is InChI=1S/C30H33FN4O4/c1-19(2)34-14-13-20(3)35-25(34)17-33-16-24(29(37)32-15-21-9-11-23(31)12-10-21)27(36)28(26(33)30(35)38)39-18-22-7-5-4-6-8-22/h4-12,16,19-20,25H,13-15,17-18H2,1-3H3,(H,32,37). The van der Waals surface area contributed by atoms with Gasteiger partial charge in [-0.3, -0.25) is 19.3 Å². The molecule has 0 radical (unpaired) electrons. The molecule has 3 heterocycles. The molecule has 1 saturated heterocycles. The predicted molar refractivity (Wildman–Crippen MR) is 145 cm³/mol. The molecule has 1 fully saturated rings. The highest BCUT2D eigenvalue weighted by Gasteiger charge is 2.44. The molecule has 1 N–H and O–H groups in total. The lowest BCUT2D eigenvalue weighted by molar-refractivity contribution is -0.0455. The minimum Gasteiger partial charge on any atom is -0.483 e. The Morgan fingerprint density at radius 3 is 2.49 bits per heavy atom. The topological polar surface area (TPSA) is 83.9 Å². The summed E-state index contributed by atoms with van der Waals surface area (Å²) in [6.07, 6.45) is 2.10. The van der Waals surface area contributed by atoms with Crippen LogP contribution in [0.5, 0.6) is 5.75 Å². The predicted octanol–water partition coefficient (Wildman–Crippen LogP) is 3.78. The molecular weight excluding hydrogens is 499 g/mol. The summed E-state index contributed by atoms with van der Waals surface area (Å²) in [6.45, 7) is 7.68. The van der Waals surface area contributed by atoms with E-state index in [2.05, 4.69) is 24.1 Å². The van der Waals surface area contributed by atoms with Crippen LogP contribution in [0.3, 0.4) is 0 Å². The number of fused-ring (bicyclic) bond motifs is 2. The van der Waals surface area contributed by atoms with Crippen molar-refractivity contribution in [2.24, 2.45) is 0 Å². The molecule has 0 spiro atoms. The number of nitrogens with one attached hydrogen (secondary N) is 1. The first kappa shape index (κ1) is 26.6. The molecule has 2 unspecified atom stereocenters. The molecule has 8 nitrogen and oxygen atoms in total. The van der Waals surface area contributed by atoms with E-state index in [1.54, 1.807) is 16.7 Å². The number of ether oxygens (including phenoxy) is 1. The van der Waals surface area contributed by atoms with Crippen molar-refractivity contribution in [2.75, 3.05) is 6.54 Å². The molecule has 0 saturated carbocycles. The van der Waals surface area contributed by atoms with E-state index >= 15 is 0 Å². The van der Waals surface area contributed by atoms with Gasteiger partial charge in [0.05, 0.1) is 6.54 Å². The number of nitrogens with zero attached hydrogens (tertiary/aromatic N) is 3. The number of carbonyl (C=O) groups excluding carboxylic acids is 2. The van der Waals surface area contributed by atoms with Crippen LogP contribution in [0.15, 0.2) is 65.6 Å². The Balaban J connectivity index is 1.53. The second-order valence-corrected chi connectivity index (χ2v) is 10.4. The number of carbonyl (C=O) groups is 2. The summed E-state index contributed by atoms with van der Waals surface area (Å²) in [7, 11) is 0. The van der Waals surface area contributed by atoms with E-state index in [0.29, 0.717) is 12.1 Å². The van der Waals surface area contributed by atoms with Crippen LogP contribution in [0, 0.1) is 5.82 Å². The Hall–Kier alpha value is -3.98. The fourth-order valence-electron chi connectivity index (χ4n) is 5.41. The lowest BCUT2D eigenvalue weighted by Gasteiger charge is -2.51. The molecule has 2 amide bonds. The van der Waals surface area contributed by atoms with Crippen LogP contribution in [0.25, 0.3) is 0 Å². The summed E-state index contributed by atoms with van der Waals surface area (Å²) in [5.41, 5.74) is 0.953. The molecule has 9 heteroatoms. The number of pyridine rings is 1. The zero-order valence-electron chi connectivity index (χ0n) is 22.4. The van der Waals surface area contributed by atoms with Crippen molar-refractivity contribution in [2.45, 2.75) is 65.1 Å². The molecule has 2 aromatic carbocycles. The Bertz CT molecular complexity index is 1420. The Labute approximate surface area is 227 Å². The molecule has 1 aromatic heterocycles. The normalized spacial score (nSPS) is 19.0. The van der Waals surface area contributed by atoms with E-state index in [-0.39, 0.29) is 60.1 Å². The van der Waals surface area contributed by atoms with Gasteiger partial charge in [-0.2, -0.15) is 0 Å². The van der Waals surface area contributed by atoms with Crippen LogP contribution in [0.2, 0.25) is 0 Å². The highest BCUT2D eigenvalue weighted by molar-refractivity contribution is 5.99. The van der Waals surface area contributed by atoms with Crippen LogP contribution >= 0.6 is 0 Å². The monoisotopic (exact) mass is 532 g/mol. The lowest BCUT2D eigenvalue weighted by atomic mass is 10.0. The van der Waals surface area contributed by atoms with Crippen LogP contribution in [0.4, 0.5) is 4.39 Å². The molecule has 2 aliphatic heterocycles. The quantitative estimate of drug-likeness (QED) is 0.501. The number of aromatic nitrogens is 1. The van der Waals surface area contributed by atoms with Crippen molar-refractivity contribution in [3.05, 3.63) is 99.2 Å². The van der Waals surface area contributed by atoms with Crippen molar-refractivity contribution in [3.8, 4) is 5.75 Å². The summed E-state index contributed by atoms with van der Waals surface area (Å²) in [6, 6.07) is 15.3. The minimum atomic E-state index is -0.633. The van der Waals surface area contributed by atoms with E-state index in [1.165, 1.54) is 18.3 Å². The SMILES string of the molecule is CC(C)N1CCC(C)N2C(=O)c3c(OCc4ccccc4)c(=O)c(C(=O)NCc4ccc(F)cc4)cn3CC12. The second kappa shape index (κ2) is 11.0. The first-order valence-electron chi connectivity index (χ1n) is 13.3. The van der Waals surface area contributed by atoms with E-state index in [4.69, 9.17) is 4.74 Å². The zero-order chi connectivity index (χ0) is 27.7. The van der Waals surface area contributed by atoms with E-state index in [0.717, 1.165) is 18.5 Å². The van der Waals surface area contributed by atoms with Gasteiger partial charge in [0, 0.05) is 31.4 Å². The number of halogens is 1.